The fraction of sp³-hybridized carbons (Fsp3) is 0.300. The monoisotopic (exact) mass is 480 g/mol. The Hall–Kier alpha value is -2.83. The molecule has 2 aromatic rings. The minimum absolute atomic E-state index is 0.00229. The molecule has 0 unspecified atom stereocenters. The van der Waals surface area contributed by atoms with Crippen molar-refractivity contribution in [3.8, 4) is 0 Å². The summed E-state index contributed by atoms with van der Waals surface area (Å²) < 4.78 is 68.1. The van der Waals surface area contributed by atoms with Crippen LogP contribution in [0.1, 0.15) is 5.56 Å². The molecule has 0 aliphatic carbocycles. The molecule has 4 rings (SSSR count). The third kappa shape index (κ3) is 4.12. The third-order valence-corrected chi connectivity index (χ3v) is 8.63. The van der Waals surface area contributed by atoms with Crippen LogP contribution in [0.2, 0.25) is 0 Å². The Bertz CT molecular complexity index is 1290. The minimum atomic E-state index is -3.79. The maximum absolute atomic E-state index is 13.1. The SMILES string of the molecule is CN(CC(=O)N1CCN(S(=O)(=O)c2ccc(F)cc2)CC1)C1=NS(=O)(=O)c2ccccc21. The van der Waals surface area contributed by atoms with Gasteiger partial charge in [-0.1, -0.05) is 12.1 Å². The number of amides is 1. The lowest BCUT2D eigenvalue weighted by Crippen LogP contribution is -2.52. The highest BCUT2D eigenvalue weighted by Gasteiger charge is 2.33. The van der Waals surface area contributed by atoms with Crippen molar-refractivity contribution in [3.05, 3.63) is 59.9 Å². The van der Waals surface area contributed by atoms with Gasteiger partial charge in [-0.2, -0.15) is 12.7 Å². The topological polar surface area (TPSA) is 107 Å². The van der Waals surface area contributed by atoms with E-state index < -0.39 is 25.9 Å². The molecular formula is C20H21FN4O5S2. The molecular weight excluding hydrogens is 459 g/mol. The first-order chi connectivity index (χ1) is 15.1. The van der Waals surface area contributed by atoms with Crippen LogP contribution in [-0.4, -0.2) is 82.5 Å². The Morgan fingerprint density at radius 1 is 1.06 bits per heavy atom. The highest BCUT2D eigenvalue weighted by molar-refractivity contribution is 7.90. The van der Waals surface area contributed by atoms with Crippen LogP contribution in [0.15, 0.2) is 62.7 Å². The summed E-state index contributed by atoms with van der Waals surface area (Å²) >= 11 is 0. The molecule has 170 valence electrons. The average Bonchev–Trinajstić information content (AvgIpc) is 3.05. The van der Waals surface area contributed by atoms with E-state index in [1.54, 1.807) is 25.2 Å². The first-order valence-corrected chi connectivity index (χ1v) is 12.7. The van der Waals surface area contributed by atoms with Crippen molar-refractivity contribution < 1.29 is 26.0 Å². The molecule has 0 bridgehead atoms. The maximum atomic E-state index is 13.1. The van der Waals surface area contributed by atoms with Gasteiger partial charge in [0, 0.05) is 38.8 Å². The summed E-state index contributed by atoms with van der Waals surface area (Å²) in [7, 11) is -5.98. The Kier molecular flexibility index (Phi) is 5.77. The molecule has 0 spiro atoms. The van der Waals surface area contributed by atoms with Crippen molar-refractivity contribution in [1.29, 1.82) is 0 Å². The van der Waals surface area contributed by atoms with Crippen molar-refractivity contribution in [2.24, 2.45) is 4.40 Å². The molecule has 32 heavy (non-hydrogen) atoms. The number of nitrogens with zero attached hydrogens (tertiary/aromatic N) is 4. The van der Waals surface area contributed by atoms with Crippen molar-refractivity contribution in [2.75, 3.05) is 39.8 Å². The van der Waals surface area contributed by atoms with Gasteiger partial charge in [0.15, 0.2) is 5.84 Å². The molecule has 2 aromatic carbocycles. The lowest BCUT2D eigenvalue weighted by molar-refractivity contribution is -0.132. The number of likely N-dealkylation sites (N-methyl/N-ethyl adjacent to an activating group) is 1. The second kappa shape index (κ2) is 8.26. The highest BCUT2D eigenvalue weighted by Crippen LogP contribution is 2.27. The Balaban J connectivity index is 1.40. The number of halogens is 1. The van der Waals surface area contributed by atoms with E-state index in [1.165, 1.54) is 32.3 Å². The van der Waals surface area contributed by atoms with Crippen molar-refractivity contribution >= 4 is 31.8 Å². The fourth-order valence-corrected chi connectivity index (χ4v) is 6.35. The molecule has 0 atom stereocenters. The zero-order chi connectivity index (χ0) is 23.1. The molecule has 0 aromatic heterocycles. The van der Waals surface area contributed by atoms with Crippen LogP contribution in [0.5, 0.6) is 0 Å². The summed E-state index contributed by atoms with van der Waals surface area (Å²) in [5.74, 6) is -0.590. The number of rotatable bonds is 4. The second-order valence-corrected chi connectivity index (χ2v) is 11.0. The number of fused-ring (bicyclic) bond motifs is 1. The number of hydrogen-bond acceptors (Lipinski definition) is 6. The van der Waals surface area contributed by atoms with Crippen molar-refractivity contribution in [2.45, 2.75) is 9.79 Å². The van der Waals surface area contributed by atoms with E-state index in [9.17, 15) is 26.0 Å². The Morgan fingerprint density at radius 2 is 1.69 bits per heavy atom. The predicted octanol–water partition coefficient (Wildman–Crippen LogP) is 0.739. The fourth-order valence-electron chi connectivity index (χ4n) is 3.68. The second-order valence-electron chi connectivity index (χ2n) is 7.48. The van der Waals surface area contributed by atoms with Crippen molar-refractivity contribution in [1.82, 2.24) is 14.1 Å². The van der Waals surface area contributed by atoms with Gasteiger partial charge in [-0.05, 0) is 36.4 Å². The van der Waals surface area contributed by atoms with Crippen LogP contribution < -0.4 is 0 Å². The van der Waals surface area contributed by atoms with Crippen molar-refractivity contribution in [3.63, 3.8) is 0 Å². The van der Waals surface area contributed by atoms with E-state index in [4.69, 9.17) is 0 Å². The summed E-state index contributed by atoms with van der Waals surface area (Å²) in [4.78, 5) is 15.9. The molecule has 2 aliphatic rings. The van der Waals surface area contributed by atoms with Crippen LogP contribution >= 0.6 is 0 Å². The highest BCUT2D eigenvalue weighted by atomic mass is 32.2. The summed E-state index contributed by atoms with van der Waals surface area (Å²) in [5, 5.41) is 0. The summed E-state index contributed by atoms with van der Waals surface area (Å²) in [5.41, 5.74) is 0.443. The van der Waals surface area contributed by atoms with Gasteiger partial charge in [0.05, 0.1) is 11.4 Å². The molecule has 2 aliphatic heterocycles. The number of carbonyl (C=O) groups is 1. The van der Waals surface area contributed by atoms with Gasteiger partial charge in [-0.15, -0.1) is 4.40 Å². The van der Waals surface area contributed by atoms with Crippen LogP contribution in [0.25, 0.3) is 0 Å². The van der Waals surface area contributed by atoms with Gasteiger partial charge in [0.1, 0.15) is 10.7 Å². The number of carbonyl (C=O) groups excluding carboxylic acids is 1. The molecule has 1 saturated heterocycles. The smallest absolute Gasteiger partial charge is 0.285 e. The van der Waals surface area contributed by atoms with Gasteiger partial charge < -0.3 is 9.80 Å². The van der Waals surface area contributed by atoms with Crippen LogP contribution in [0, 0.1) is 5.82 Å². The number of amidine groups is 1. The molecule has 1 amide bonds. The van der Waals surface area contributed by atoms with E-state index in [0.717, 1.165) is 12.1 Å². The number of piperazine rings is 1. The molecule has 9 nitrogen and oxygen atoms in total. The lowest BCUT2D eigenvalue weighted by atomic mass is 10.2. The standard InChI is InChI=1S/C20H21FN4O5S2/c1-23(20-17-4-2-3-5-18(17)31(27,28)22-20)14-19(26)24-10-12-25(13-11-24)32(29,30)16-8-6-15(21)7-9-16/h2-9H,10-14H2,1H3. The van der Waals surface area contributed by atoms with Crippen LogP contribution in [0.3, 0.4) is 0 Å². The molecule has 1 fully saturated rings. The van der Waals surface area contributed by atoms with E-state index in [1.807, 2.05) is 0 Å². The summed E-state index contributed by atoms with van der Waals surface area (Å²) in [6.45, 7) is 0.483. The zero-order valence-electron chi connectivity index (χ0n) is 17.2. The quantitative estimate of drug-likeness (QED) is 0.639. The summed E-state index contributed by atoms with van der Waals surface area (Å²) in [6, 6.07) is 11.0. The lowest BCUT2D eigenvalue weighted by Gasteiger charge is -2.35. The van der Waals surface area contributed by atoms with Crippen LogP contribution in [-0.2, 0) is 24.8 Å². The van der Waals surface area contributed by atoms with E-state index in [0.29, 0.717) is 5.56 Å². The van der Waals surface area contributed by atoms with Gasteiger partial charge in [0.2, 0.25) is 15.9 Å². The molecule has 0 radical (unpaired) electrons. The first-order valence-electron chi connectivity index (χ1n) is 9.78. The third-order valence-electron chi connectivity index (χ3n) is 5.39. The van der Waals surface area contributed by atoms with Gasteiger partial charge in [-0.3, -0.25) is 4.79 Å². The molecule has 12 heteroatoms. The number of benzene rings is 2. The minimum Gasteiger partial charge on any atom is -0.349 e. The summed E-state index contributed by atoms with van der Waals surface area (Å²) in [6.07, 6.45) is 0. The predicted molar refractivity (Wildman–Crippen MR) is 115 cm³/mol. The van der Waals surface area contributed by atoms with E-state index >= 15 is 0 Å². The number of hydrogen-bond donors (Lipinski definition) is 0. The Morgan fingerprint density at radius 3 is 2.34 bits per heavy atom. The Labute approximate surface area is 185 Å². The van der Waals surface area contributed by atoms with Crippen LogP contribution in [0.4, 0.5) is 4.39 Å². The van der Waals surface area contributed by atoms with E-state index in [-0.39, 0.29) is 54.3 Å². The van der Waals surface area contributed by atoms with Gasteiger partial charge >= 0.3 is 0 Å². The largest absolute Gasteiger partial charge is 0.349 e. The van der Waals surface area contributed by atoms with Gasteiger partial charge in [0.25, 0.3) is 10.0 Å². The first kappa shape index (κ1) is 22.4. The average molecular weight is 481 g/mol. The molecule has 2 heterocycles. The molecule has 0 saturated carbocycles. The van der Waals surface area contributed by atoms with E-state index in [2.05, 4.69) is 4.40 Å². The number of sulfonamides is 2. The molecule has 0 N–H and O–H groups in total. The maximum Gasteiger partial charge on any atom is 0.285 e. The van der Waals surface area contributed by atoms with Gasteiger partial charge in [-0.25, -0.2) is 12.8 Å². The zero-order valence-corrected chi connectivity index (χ0v) is 18.8. The normalized spacial score (nSPS) is 18.2.